The van der Waals surface area contributed by atoms with Gasteiger partial charge in [-0.3, -0.25) is 9.59 Å². The van der Waals surface area contributed by atoms with Crippen LogP contribution in [0.1, 0.15) is 60.1 Å². The van der Waals surface area contributed by atoms with Gasteiger partial charge in [-0.1, -0.05) is 6.42 Å². The van der Waals surface area contributed by atoms with E-state index >= 15 is 0 Å². The molecule has 11 heteroatoms. The van der Waals surface area contributed by atoms with E-state index in [0.29, 0.717) is 30.5 Å². The minimum Gasteiger partial charge on any atom is -0.481 e. The number of piperidine rings is 1. The van der Waals surface area contributed by atoms with Crippen molar-refractivity contribution in [3.8, 4) is 0 Å². The first kappa shape index (κ1) is 27.8. The molecule has 2 heterocycles. The van der Waals surface area contributed by atoms with Gasteiger partial charge >= 0.3 is 12.1 Å². The predicted octanol–water partition coefficient (Wildman–Crippen LogP) is 4.84. The van der Waals surface area contributed by atoms with Crippen LogP contribution in [0.15, 0.2) is 30.5 Å². The van der Waals surface area contributed by atoms with Crippen molar-refractivity contribution in [1.82, 2.24) is 19.8 Å². The van der Waals surface area contributed by atoms with Crippen molar-refractivity contribution in [2.45, 2.75) is 57.2 Å². The van der Waals surface area contributed by atoms with Crippen LogP contribution in [0.5, 0.6) is 0 Å². The number of carboxylic acid groups (broad SMARTS) is 1. The molecule has 1 saturated carbocycles. The number of alkyl halides is 3. The number of likely N-dealkylation sites (tertiary alicyclic amines) is 1. The summed E-state index contributed by atoms with van der Waals surface area (Å²) in [5, 5.41) is 12.3. The topological polar surface area (TPSA) is 98.7 Å². The van der Waals surface area contributed by atoms with Crippen molar-refractivity contribution in [2.24, 2.45) is 11.8 Å². The molecule has 0 unspecified atom stereocenters. The number of amides is 1. The van der Waals surface area contributed by atoms with Gasteiger partial charge in [0.1, 0.15) is 0 Å². The maximum atomic E-state index is 13.6. The lowest BCUT2D eigenvalue weighted by Gasteiger charge is -2.35. The number of carboxylic acids is 1. The van der Waals surface area contributed by atoms with E-state index in [4.69, 9.17) is 0 Å². The van der Waals surface area contributed by atoms with E-state index in [2.05, 4.69) is 27.2 Å². The number of rotatable bonds is 8. The van der Waals surface area contributed by atoms with Crippen LogP contribution in [-0.4, -0.2) is 70.0 Å². The van der Waals surface area contributed by atoms with E-state index in [1.165, 1.54) is 0 Å². The Morgan fingerprint density at radius 1 is 1.13 bits per heavy atom. The highest BCUT2D eigenvalue weighted by atomic mass is 19.4. The summed E-state index contributed by atoms with van der Waals surface area (Å²) in [6, 6.07) is 6.88. The molecule has 2 atom stereocenters. The van der Waals surface area contributed by atoms with Crippen LogP contribution in [-0.2, 0) is 17.4 Å². The summed E-state index contributed by atoms with van der Waals surface area (Å²) in [6.45, 7) is 1.89. The van der Waals surface area contributed by atoms with E-state index in [1.807, 2.05) is 7.05 Å². The summed E-state index contributed by atoms with van der Waals surface area (Å²) in [5.74, 6) is -1.66. The second kappa shape index (κ2) is 11.7. The first-order chi connectivity index (χ1) is 18.0. The minimum atomic E-state index is -4.61. The third kappa shape index (κ3) is 6.61. The third-order valence-corrected chi connectivity index (χ3v) is 7.85. The number of nitrogens with zero attached hydrogens (tertiary/aromatic N) is 4. The van der Waals surface area contributed by atoms with Crippen molar-refractivity contribution in [1.29, 1.82) is 0 Å². The molecule has 2 fully saturated rings. The SMILES string of the molecule is CN1CCC(N(C)C(=O)c2ccc(Nc3ncc(C(F)(F)F)c(CC[C@@H]4CCC[C@@H]4C(=O)O)n3)cc2)CC1. The van der Waals surface area contributed by atoms with Crippen LogP contribution in [0.25, 0.3) is 0 Å². The average Bonchev–Trinajstić information content (AvgIpc) is 3.36. The number of aliphatic carboxylic acids is 1. The van der Waals surface area contributed by atoms with Crippen LogP contribution in [0.3, 0.4) is 0 Å². The highest BCUT2D eigenvalue weighted by Crippen LogP contribution is 2.37. The van der Waals surface area contributed by atoms with E-state index in [-0.39, 0.29) is 35.9 Å². The smallest absolute Gasteiger partial charge is 0.419 e. The monoisotopic (exact) mass is 533 g/mol. The Kier molecular flexibility index (Phi) is 8.54. The van der Waals surface area contributed by atoms with Gasteiger partial charge in [0, 0.05) is 30.5 Å². The maximum absolute atomic E-state index is 13.6. The molecule has 1 aromatic carbocycles. The van der Waals surface area contributed by atoms with Crippen LogP contribution >= 0.6 is 0 Å². The Labute approximate surface area is 220 Å². The number of hydrogen-bond donors (Lipinski definition) is 2. The van der Waals surface area contributed by atoms with Crippen molar-refractivity contribution in [3.63, 3.8) is 0 Å². The van der Waals surface area contributed by atoms with Gasteiger partial charge in [0.05, 0.1) is 17.2 Å². The van der Waals surface area contributed by atoms with Crippen LogP contribution in [0, 0.1) is 11.8 Å². The third-order valence-electron chi connectivity index (χ3n) is 7.85. The molecule has 1 aliphatic carbocycles. The van der Waals surface area contributed by atoms with Gasteiger partial charge in [-0.15, -0.1) is 0 Å². The summed E-state index contributed by atoms with van der Waals surface area (Å²) in [4.78, 5) is 36.4. The van der Waals surface area contributed by atoms with Gasteiger partial charge < -0.3 is 20.2 Å². The molecule has 38 heavy (non-hydrogen) atoms. The zero-order valence-corrected chi connectivity index (χ0v) is 21.7. The first-order valence-corrected chi connectivity index (χ1v) is 13.0. The summed E-state index contributed by atoms with van der Waals surface area (Å²) < 4.78 is 40.9. The molecule has 4 rings (SSSR count). The second-order valence-electron chi connectivity index (χ2n) is 10.4. The molecular weight excluding hydrogens is 499 g/mol. The van der Waals surface area contributed by atoms with Gasteiger partial charge in [0.15, 0.2) is 0 Å². The van der Waals surface area contributed by atoms with E-state index in [9.17, 15) is 27.9 Å². The molecule has 206 valence electrons. The zero-order chi connectivity index (χ0) is 27.4. The van der Waals surface area contributed by atoms with E-state index < -0.39 is 23.6 Å². The van der Waals surface area contributed by atoms with E-state index in [1.54, 1.807) is 29.2 Å². The van der Waals surface area contributed by atoms with Gasteiger partial charge in [-0.05, 0) is 88.8 Å². The molecule has 2 aromatic rings. The highest BCUT2D eigenvalue weighted by Gasteiger charge is 2.37. The molecule has 0 spiro atoms. The quantitative estimate of drug-likeness (QED) is 0.501. The lowest BCUT2D eigenvalue weighted by molar-refractivity contribution is -0.143. The number of benzene rings is 1. The lowest BCUT2D eigenvalue weighted by atomic mass is 9.90. The Bertz CT molecular complexity index is 1130. The van der Waals surface area contributed by atoms with Gasteiger partial charge in [-0.25, -0.2) is 9.97 Å². The van der Waals surface area contributed by atoms with Crippen LogP contribution in [0.2, 0.25) is 0 Å². The van der Waals surface area contributed by atoms with Crippen molar-refractivity contribution >= 4 is 23.5 Å². The molecule has 0 bridgehead atoms. The fourth-order valence-electron chi connectivity index (χ4n) is 5.51. The number of carbonyl (C=O) groups excluding carboxylic acids is 1. The highest BCUT2D eigenvalue weighted by molar-refractivity contribution is 5.94. The summed E-state index contributed by atoms with van der Waals surface area (Å²) in [6.07, 6.45) is 0.320. The maximum Gasteiger partial charge on any atom is 0.419 e. The predicted molar refractivity (Wildman–Crippen MR) is 136 cm³/mol. The average molecular weight is 534 g/mol. The number of aryl methyl sites for hydroxylation is 1. The Morgan fingerprint density at radius 3 is 2.45 bits per heavy atom. The fraction of sp³-hybridized carbons (Fsp3) is 0.556. The van der Waals surface area contributed by atoms with Crippen molar-refractivity contribution < 1.29 is 27.9 Å². The second-order valence-corrected chi connectivity index (χ2v) is 10.4. The molecule has 1 aliphatic heterocycles. The number of anilines is 2. The number of carbonyl (C=O) groups is 2. The molecule has 2 aliphatic rings. The lowest BCUT2D eigenvalue weighted by Crippen LogP contribution is -2.44. The molecular formula is C27H34F3N5O3. The molecule has 8 nitrogen and oxygen atoms in total. The molecule has 2 N–H and O–H groups in total. The molecule has 1 aromatic heterocycles. The van der Waals surface area contributed by atoms with Crippen LogP contribution < -0.4 is 5.32 Å². The minimum absolute atomic E-state index is 0.0109. The Hall–Kier alpha value is -3.21. The van der Waals surface area contributed by atoms with Gasteiger partial charge in [-0.2, -0.15) is 13.2 Å². The van der Waals surface area contributed by atoms with Crippen molar-refractivity contribution in [2.75, 3.05) is 32.5 Å². The Balaban J connectivity index is 1.44. The molecule has 0 radical (unpaired) electrons. The number of hydrogen-bond acceptors (Lipinski definition) is 6. The largest absolute Gasteiger partial charge is 0.481 e. The Morgan fingerprint density at radius 2 is 1.82 bits per heavy atom. The first-order valence-electron chi connectivity index (χ1n) is 13.0. The molecule has 1 saturated heterocycles. The molecule has 1 amide bonds. The van der Waals surface area contributed by atoms with E-state index in [0.717, 1.165) is 38.5 Å². The zero-order valence-electron chi connectivity index (χ0n) is 21.7. The van der Waals surface area contributed by atoms with Crippen molar-refractivity contribution in [3.05, 3.63) is 47.3 Å². The van der Waals surface area contributed by atoms with Gasteiger partial charge in [0.2, 0.25) is 5.95 Å². The number of aromatic nitrogens is 2. The fourth-order valence-corrected chi connectivity index (χ4v) is 5.51. The normalized spacial score (nSPS) is 20.9. The summed E-state index contributed by atoms with van der Waals surface area (Å²) in [5.41, 5.74) is -0.00473. The summed E-state index contributed by atoms with van der Waals surface area (Å²) in [7, 11) is 3.88. The number of nitrogens with one attached hydrogen (secondary N) is 1. The van der Waals surface area contributed by atoms with Gasteiger partial charge in [0.25, 0.3) is 5.91 Å². The van der Waals surface area contributed by atoms with Crippen LogP contribution in [0.4, 0.5) is 24.8 Å². The number of halogens is 3. The summed E-state index contributed by atoms with van der Waals surface area (Å²) >= 11 is 0. The standard InChI is InChI=1S/C27H34F3N5O3/c1-34-14-12-20(13-15-34)35(2)24(36)18-6-9-19(10-7-18)32-26-31-16-22(27(28,29)30)23(33-26)11-8-17-4-3-5-21(17)25(37)38/h6-7,9-10,16-17,20-21H,3-5,8,11-15H2,1-2H3,(H,37,38)(H,31,32,33)/t17-,21-/m0/s1.